The molecule has 1 saturated heterocycles. The Labute approximate surface area is 305 Å². The van der Waals surface area contributed by atoms with Gasteiger partial charge in [-0.1, -0.05) is 51.1 Å². The summed E-state index contributed by atoms with van der Waals surface area (Å²) in [5.41, 5.74) is 2.01. The number of pyridine rings is 1. The topological polar surface area (TPSA) is 107 Å². The fourth-order valence-electron chi connectivity index (χ4n) is 7.09. The minimum atomic E-state index is -0.716. The van der Waals surface area contributed by atoms with Gasteiger partial charge in [0.1, 0.15) is 6.10 Å². The monoisotopic (exact) mass is 698 g/mol. The van der Waals surface area contributed by atoms with Crippen LogP contribution in [0.4, 0.5) is 11.4 Å². The van der Waals surface area contributed by atoms with Gasteiger partial charge in [-0.2, -0.15) is 0 Å². The normalized spacial score (nSPS) is 20.7. The number of benzene rings is 2. The van der Waals surface area contributed by atoms with E-state index in [9.17, 15) is 14.7 Å². The molecule has 51 heavy (non-hydrogen) atoms. The van der Waals surface area contributed by atoms with Crippen molar-refractivity contribution in [3.8, 4) is 0 Å². The highest BCUT2D eigenvalue weighted by Gasteiger charge is 2.46. The van der Waals surface area contributed by atoms with Gasteiger partial charge in [-0.3, -0.25) is 14.5 Å². The number of ketones is 2. The lowest BCUT2D eigenvalue weighted by molar-refractivity contribution is -0.703. The third-order valence-corrected chi connectivity index (χ3v) is 10.7. The van der Waals surface area contributed by atoms with E-state index in [1.54, 1.807) is 24.3 Å². The summed E-state index contributed by atoms with van der Waals surface area (Å²) in [5, 5.41) is 21.5. The van der Waals surface area contributed by atoms with Gasteiger partial charge in [0.15, 0.2) is 30.5 Å². The summed E-state index contributed by atoms with van der Waals surface area (Å²) < 4.78 is 9.03. The van der Waals surface area contributed by atoms with E-state index < -0.39 is 11.7 Å². The fourth-order valence-corrected chi connectivity index (χ4v) is 7.09. The summed E-state index contributed by atoms with van der Waals surface area (Å²) in [4.78, 5) is 30.8. The van der Waals surface area contributed by atoms with Crippen LogP contribution in [0.25, 0.3) is 0 Å². The van der Waals surface area contributed by atoms with E-state index in [0.29, 0.717) is 46.7 Å². The number of nitrogens with zero attached hydrogens (tertiary/aromatic N) is 2. The van der Waals surface area contributed by atoms with Crippen molar-refractivity contribution in [2.75, 3.05) is 43.4 Å². The van der Waals surface area contributed by atoms with Crippen LogP contribution in [0.1, 0.15) is 107 Å². The number of carbonyl (C=O) groups excluding carboxylic acids is 2. The molecule has 1 fully saturated rings. The second-order valence-corrected chi connectivity index (χ2v) is 17.3. The Morgan fingerprint density at radius 3 is 2.04 bits per heavy atom. The van der Waals surface area contributed by atoms with Gasteiger partial charge in [0.2, 0.25) is 0 Å². The molecule has 4 N–H and O–H groups in total. The van der Waals surface area contributed by atoms with E-state index in [0.717, 1.165) is 32.5 Å². The third-order valence-electron chi connectivity index (χ3n) is 10.7. The first-order chi connectivity index (χ1) is 23.9. The number of hydrogen-bond donors (Lipinski definition) is 4. The van der Waals surface area contributed by atoms with E-state index in [4.69, 9.17) is 4.74 Å². The number of carbonyl (C=O) groups is 2. The second-order valence-electron chi connectivity index (χ2n) is 17.3. The Kier molecular flexibility index (Phi) is 11.5. The van der Waals surface area contributed by atoms with Gasteiger partial charge in [-0.25, -0.2) is 4.57 Å². The van der Waals surface area contributed by atoms with Crippen LogP contribution in [0, 0.1) is 5.41 Å². The average molecular weight is 699 g/mol. The quantitative estimate of drug-likeness (QED) is 0.132. The Bertz CT molecular complexity index is 1690. The Balaban J connectivity index is 1.42. The molecule has 9 nitrogen and oxygen atoms in total. The van der Waals surface area contributed by atoms with Crippen molar-refractivity contribution in [3.63, 3.8) is 0 Å². The van der Waals surface area contributed by atoms with Crippen LogP contribution in [-0.2, 0) is 11.3 Å². The van der Waals surface area contributed by atoms with Crippen molar-refractivity contribution in [1.82, 2.24) is 10.2 Å². The first kappa shape index (κ1) is 38.6. The van der Waals surface area contributed by atoms with Gasteiger partial charge in [0.05, 0.1) is 22.8 Å². The van der Waals surface area contributed by atoms with E-state index >= 15 is 0 Å². The summed E-state index contributed by atoms with van der Waals surface area (Å²) in [7, 11) is 0. The average Bonchev–Trinajstić information content (AvgIpc) is 3.25. The van der Waals surface area contributed by atoms with Crippen molar-refractivity contribution in [2.45, 2.75) is 111 Å². The van der Waals surface area contributed by atoms with Crippen molar-refractivity contribution in [2.24, 2.45) is 5.41 Å². The number of aliphatic hydroxyl groups excluding tert-OH is 1. The molecule has 5 rings (SSSR count). The third kappa shape index (κ3) is 9.06. The molecule has 2 aromatic carbocycles. The standard InChI is InChI=1S/C42H59N5O4/c1-39(2,3)19-21-45-41(7,8)42(9)20-24-47(40(4,5)6)28-30(51-42)26-44-34-18-17-33(43-25-29(48)27-46-22-13-10-14-23-46)35-36(34)38(50)32-16-12-11-15-31(32)37(35)49/h10-18,22-23,29-30,45,48H,19-21,24-28H2,1-9H3,(H-,43,44,49,50)/p+1. The van der Waals surface area contributed by atoms with Gasteiger partial charge in [0, 0.05) is 71.9 Å². The summed E-state index contributed by atoms with van der Waals surface area (Å²) in [6.45, 7) is 23.8. The molecule has 1 aliphatic carbocycles. The van der Waals surface area contributed by atoms with Crippen LogP contribution in [-0.4, -0.2) is 83.2 Å². The molecular formula is C42H60N5O4+. The summed E-state index contributed by atoms with van der Waals surface area (Å²) >= 11 is 0. The smallest absolute Gasteiger partial charge is 0.196 e. The molecule has 0 spiro atoms. The van der Waals surface area contributed by atoms with E-state index in [1.165, 1.54) is 0 Å². The van der Waals surface area contributed by atoms with Crippen LogP contribution in [0.2, 0.25) is 0 Å². The number of fused-ring (bicyclic) bond motifs is 2. The highest BCUT2D eigenvalue weighted by atomic mass is 16.5. The molecular weight excluding hydrogens is 638 g/mol. The maximum Gasteiger partial charge on any atom is 0.196 e. The Morgan fingerprint density at radius 2 is 1.47 bits per heavy atom. The van der Waals surface area contributed by atoms with Crippen LogP contribution >= 0.6 is 0 Å². The van der Waals surface area contributed by atoms with Gasteiger partial charge in [0.25, 0.3) is 0 Å². The zero-order valence-electron chi connectivity index (χ0n) is 32.2. The molecule has 1 aliphatic heterocycles. The molecule has 1 aromatic heterocycles. The lowest BCUT2D eigenvalue weighted by atomic mass is 9.80. The number of hydrogen-bond acceptors (Lipinski definition) is 8. The molecule has 3 atom stereocenters. The predicted octanol–water partition coefficient (Wildman–Crippen LogP) is 6.09. The highest BCUT2D eigenvalue weighted by molar-refractivity contribution is 6.31. The van der Waals surface area contributed by atoms with E-state index in [2.05, 4.69) is 83.2 Å². The summed E-state index contributed by atoms with van der Waals surface area (Å²) in [6.07, 6.45) is 4.81. The first-order valence-corrected chi connectivity index (χ1v) is 18.5. The molecule has 3 aromatic rings. The summed E-state index contributed by atoms with van der Waals surface area (Å²) in [6, 6.07) is 16.5. The Hall–Kier alpha value is -3.63. The van der Waals surface area contributed by atoms with Crippen molar-refractivity contribution >= 4 is 22.9 Å². The number of aromatic nitrogens is 1. The number of aliphatic hydroxyl groups is 1. The molecule has 2 aliphatic rings. The van der Waals surface area contributed by atoms with Crippen molar-refractivity contribution in [1.29, 1.82) is 0 Å². The molecule has 0 bridgehead atoms. The maximum atomic E-state index is 14.2. The molecule has 0 saturated carbocycles. The van der Waals surface area contributed by atoms with E-state index in [-0.39, 0.29) is 40.7 Å². The zero-order valence-corrected chi connectivity index (χ0v) is 32.2. The molecule has 3 unspecified atom stereocenters. The van der Waals surface area contributed by atoms with Gasteiger partial charge in [-0.15, -0.1) is 0 Å². The summed E-state index contributed by atoms with van der Waals surface area (Å²) in [5.74, 6) is -0.405. The second kappa shape index (κ2) is 15.2. The van der Waals surface area contributed by atoms with Gasteiger partial charge < -0.3 is 25.8 Å². The SMILES string of the molecule is CC(C)(C)CCNC(C)(C)C1(C)CCN(C(C)(C)C)CC(CNc2ccc(NCC(O)C[n+]3ccccc3)c3c2C(=O)c2ccccc2C3=O)O1. The lowest BCUT2D eigenvalue weighted by Gasteiger charge is -2.46. The van der Waals surface area contributed by atoms with Crippen molar-refractivity contribution in [3.05, 3.63) is 89.2 Å². The number of anilines is 2. The first-order valence-electron chi connectivity index (χ1n) is 18.5. The molecule has 276 valence electrons. The number of ether oxygens (including phenoxy) is 1. The lowest BCUT2D eigenvalue weighted by Crippen LogP contribution is -2.60. The van der Waals surface area contributed by atoms with E-state index in [1.807, 2.05) is 47.3 Å². The number of nitrogens with one attached hydrogen (secondary N) is 3. The fraction of sp³-hybridized carbons (Fsp3) is 0.548. The van der Waals surface area contributed by atoms with Crippen LogP contribution < -0.4 is 20.5 Å². The van der Waals surface area contributed by atoms with Gasteiger partial charge >= 0.3 is 0 Å². The van der Waals surface area contributed by atoms with Crippen molar-refractivity contribution < 1.29 is 24.0 Å². The zero-order chi connectivity index (χ0) is 37.2. The molecule has 2 heterocycles. The molecule has 9 heteroatoms. The van der Waals surface area contributed by atoms with Crippen LogP contribution in [0.3, 0.4) is 0 Å². The van der Waals surface area contributed by atoms with Crippen LogP contribution in [0.5, 0.6) is 0 Å². The highest BCUT2D eigenvalue weighted by Crippen LogP contribution is 2.38. The minimum absolute atomic E-state index is 0.0567. The molecule has 0 amide bonds. The predicted molar refractivity (Wildman–Crippen MR) is 205 cm³/mol. The molecule has 0 radical (unpaired) electrons. The van der Waals surface area contributed by atoms with Gasteiger partial charge in [-0.05, 0) is 78.5 Å². The van der Waals surface area contributed by atoms with Crippen LogP contribution in [0.15, 0.2) is 67.0 Å². The Morgan fingerprint density at radius 1 is 0.882 bits per heavy atom. The largest absolute Gasteiger partial charge is 0.385 e. The maximum absolute atomic E-state index is 14.2. The minimum Gasteiger partial charge on any atom is -0.385 e. The number of rotatable bonds is 12.